The van der Waals surface area contributed by atoms with Gasteiger partial charge in [-0.15, -0.1) is 0 Å². The molecule has 1 aromatic heterocycles. The predicted molar refractivity (Wildman–Crippen MR) is 78.5 cm³/mol. The van der Waals surface area contributed by atoms with Crippen LogP contribution in [-0.2, 0) is 4.74 Å². The summed E-state index contributed by atoms with van der Waals surface area (Å²) in [6.45, 7) is 5.35. The van der Waals surface area contributed by atoms with E-state index in [2.05, 4.69) is 0 Å². The number of morpholine rings is 1. The van der Waals surface area contributed by atoms with Crippen molar-refractivity contribution in [1.29, 1.82) is 0 Å². The Labute approximate surface area is 122 Å². The zero-order chi connectivity index (χ0) is 15.0. The molecule has 0 radical (unpaired) electrons. The smallest absolute Gasteiger partial charge is 0.289 e. The molecule has 3 rings (SSSR count). The molecule has 0 unspecified atom stereocenters. The van der Waals surface area contributed by atoms with Crippen LogP contribution in [0.5, 0.6) is 0 Å². The Morgan fingerprint density at radius 2 is 2.14 bits per heavy atom. The molecule has 110 valence electrons. The van der Waals surface area contributed by atoms with E-state index >= 15 is 0 Å². The van der Waals surface area contributed by atoms with E-state index in [1.165, 1.54) is 6.07 Å². The second-order valence-corrected chi connectivity index (χ2v) is 5.41. The molecule has 1 aromatic carbocycles. The summed E-state index contributed by atoms with van der Waals surface area (Å²) in [6.07, 6.45) is -0.00229. The number of fused-ring (bicyclic) bond motifs is 1. The minimum atomic E-state index is -0.260. The Kier molecular flexibility index (Phi) is 3.51. The maximum atomic E-state index is 12.4. The fourth-order valence-electron chi connectivity index (χ4n) is 2.53. The lowest BCUT2D eigenvalue weighted by Crippen LogP contribution is -2.44. The van der Waals surface area contributed by atoms with Gasteiger partial charge in [-0.1, -0.05) is 11.6 Å². The molecule has 1 amide bonds. The van der Waals surface area contributed by atoms with E-state index in [1.54, 1.807) is 17.0 Å². The number of hydrogen-bond acceptors (Lipinski definition) is 4. The third kappa shape index (κ3) is 2.69. The van der Waals surface area contributed by atoms with Crippen molar-refractivity contribution in [3.8, 4) is 0 Å². The summed E-state index contributed by atoms with van der Waals surface area (Å²) in [5.41, 5.74) is 1.23. The Morgan fingerprint density at radius 1 is 1.33 bits per heavy atom. The van der Waals surface area contributed by atoms with Gasteiger partial charge in [0.15, 0.2) is 11.2 Å². The van der Waals surface area contributed by atoms with Crippen molar-refractivity contribution in [2.24, 2.45) is 0 Å². The lowest BCUT2D eigenvalue weighted by Gasteiger charge is -2.30. The molecule has 1 atom stereocenters. The van der Waals surface area contributed by atoms with Crippen LogP contribution in [0.1, 0.15) is 23.0 Å². The Morgan fingerprint density at radius 3 is 2.90 bits per heavy atom. The van der Waals surface area contributed by atoms with Crippen molar-refractivity contribution < 1.29 is 13.9 Å². The summed E-state index contributed by atoms with van der Waals surface area (Å²) in [7, 11) is 0. The van der Waals surface area contributed by atoms with E-state index < -0.39 is 0 Å². The molecule has 1 aliphatic rings. The molecule has 21 heavy (non-hydrogen) atoms. The first-order valence-electron chi connectivity index (χ1n) is 7.00. The zero-order valence-electron chi connectivity index (χ0n) is 12.1. The van der Waals surface area contributed by atoms with Crippen LogP contribution in [0.15, 0.2) is 33.5 Å². The third-order valence-corrected chi connectivity index (χ3v) is 3.62. The highest BCUT2D eigenvalue weighted by Gasteiger charge is 2.24. The largest absolute Gasteiger partial charge is 0.451 e. The van der Waals surface area contributed by atoms with Crippen LogP contribution < -0.4 is 5.43 Å². The van der Waals surface area contributed by atoms with Gasteiger partial charge in [0, 0.05) is 19.2 Å². The van der Waals surface area contributed by atoms with E-state index in [0.717, 1.165) is 5.56 Å². The van der Waals surface area contributed by atoms with Crippen LogP contribution in [0.2, 0.25) is 0 Å². The number of nitrogens with zero attached hydrogens (tertiary/aromatic N) is 1. The van der Waals surface area contributed by atoms with Crippen molar-refractivity contribution >= 4 is 16.9 Å². The number of amides is 1. The molecule has 0 saturated carbocycles. The summed E-state index contributed by atoms with van der Waals surface area (Å²) < 4.78 is 11.0. The maximum Gasteiger partial charge on any atom is 0.289 e. The average molecular weight is 287 g/mol. The summed E-state index contributed by atoms with van der Waals surface area (Å²) in [5.74, 6) is -0.171. The maximum absolute atomic E-state index is 12.4. The summed E-state index contributed by atoms with van der Waals surface area (Å²) in [6, 6.07) is 6.64. The highest BCUT2D eigenvalue weighted by Crippen LogP contribution is 2.16. The van der Waals surface area contributed by atoms with Gasteiger partial charge in [0.25, 0.3) is 5.91 Å². The molecule has 0 bridgehead atoms. The molecule has 0 aliphatic carbocycles. The van der Waals surface area contributed by atoms with Gasteiger partial charge in [-0.25, -0.2) is 0 Å². The normalized spacial score (nSPS) is 19.0. The van der Waals surface area contributed by atoms with E-state index in [-0.39, 0.29) is 23.2 Å². The topological polar surface area (TPSA) is 59.8 Å². The van der Waals surface area contributed by atoms with Crippen molar-refractivity contribution in [2.75, 3.05) is 19.7 Å². The molecule has 1 aliphatic heterocycles. The molecule has 2 aromatic rings. The molecule has 1 fully saturated rings. The van der Waals surface area contributed by atoms with E-state index in [9.17, 15) is 9.59 Å². The van der Waals surface area contributed by atoms with Gasteiger partial charge < -0.3 is 14.1 Å². The fraction of sp³-hybridized carbons (Fsp3) is 0.375. The predicted octanol–water partition coefficient (Wildman–Crippen LogP) is 1.96. The zero-order valence-corrected chi connectivity index (χ0v) is 12.1. The Balaban J connectivity index is 1.99. The number of hydrogen-bond donors (Lipinski definition) is 0. The van der Waals surface area contributed by atoms with Gasteiger partial charge in [0.05, 0.1) is 18.1 Å². The van der Waals surface area contributed by atoms with Gasteiger partial charge in [-0.2, -0.15) is 0 Å². The Bertz CT molecular complexity index is 750. The average Bonchev–Trinajstić information content (AvgIpc) is 2.47. The van der Waals surface area contributed by atoms with E-state index in [1.807, 2.05) is 19.9 Å². The lowest BCUT2D eigenvalue weighted by atomic mass is 10.1. The lowest BCUT2D eigenvalue weighted by molar-refractivity contribution is -0.0134. The molecule has 5 heteroatoms. The van der Waals surface area contributed by atoms with Crippen molar-refractivity contribution in [2.45, 2.75) is 20.0 Å². The summed E-state index contributed by atoms with van der Waals surface area (Å²) >= 11 is 0. The first kappa shape index (κ1) is 13.8. The Hall–Kier alpha value is -2.14. The minimum absolute atomic E-state index is 0.00229. The minimum Gasteiger partial charge on any atom is -0.451 e. The van der Waals surface area contributed by atoms with Gasteiger partial charge >= 0.3 is 0 Å². The van der Waals surface area contributed by atoms with E-state index in [0.29, 0.717) is 30.7 Å². The second kappa shape index (κ2) is 5.33. The van der Waals surface area contributed by atoms with Gasteiger partial charge in [-0.3, -0.25) is 9.59 Å². The van der Waals surface area contributed by atoms with Gasteiger partial charge in [0.2, 0.25) is 0 Å². The number of carbonyl (C=O) groups is 1. The molecule has 2 heterocycles. The summed E-state index contributed by atoms with van der Waals surface area (Å²) in [5, 5.41) is 0.502. The van der Waals surface area contributed by atoms with Crippen LogP contribution in [-0.4, -0.2) is 36.6 Å². The number of ether oxygens (including phenoxy) is 1. The second-order valence-electron chi connectivity index (χ2n) is 5.41. The molecular weight excluding hydrogens is 270 g/mol. The molecule has 5 nitrogen and oxygen atoms in total. The van der Waals surface area contributed by atoms with Crippen LogP contribution in [0.25, 0.3) is 11.0 Å². The number of aryl methyl sites for hydroxylation is 1. The van der Waals surface area contributed by atoms with Crippen LogP contribution in [0.4, 0.5) is 0 Å². The highest BCUT2D eigenvalue weighted by molar-refractivity contribution is 5.93. The van der Waals surface area contributed by atoms with Crippen LogP contribution >= 0.6 is 0 Å². The van der Waals surface area contributed by atoms with Gasteiger partial charge in [-0.05, 0) is 26.0 Å². The van der Waals surface area contributed by atoms with Crippen molar-refractivity contribution in [3.05, 3.63) is 45.8 Å². The van der Waals surface area contributed by atoms with Crippen molar-refractivity contribution in [1.82, 2.24) is 4.90 Å². The van der Waals surface area contributed by atoms with Crippen LogP contribution in [0.3, 0.4) is 0 Å². The third-order valence-electron chi connectivity index (χ3n) is 3.62. The number of carbonyl (C=O) groups excluding carboxylic acids is 1. The standard InChI is InChI=1S/C16H17NO4/c1-10-3-4-14-12(7-10)13(18)8-15(21-14)16(19)17-5-6-20-11(2)9-17/h3-4,7-8,11H,5-6,9H2,1-2H3/t11-/m1/s1. The molecule has 1 saturated heterocycles. The molecule has 0 N–H and O–H groups in total. The number of benzene rings is 1. The van der Waals surface area contributed by atoms with Gasteiger partial charge in [0.1, 0.15) is 5.58 Å². The highest BCUT2D eigenvalue weighted by atomic mass is 16.5. The first-order valence-corrected chi connectivity index (χ1v) is 7.00. The molecular formula is C16H17NO4. The number of rotatable bonds is 1. The fourth-order valence-corrected chi connectivity index (χ4v) is 2.53. The summed E-state index contributed by atoms with van der Waals surface area (Å²) in [4.78, 5) is 26.3. The monoisotopic (exact) mass is 287 g/mol. The SMILES string of the molecule is Cc1ccc2oc(C(=O)N3CCO[C@H](C)C3)cc(=O)c2c1. The first-order chi connectivity index (χ1) is 10.0. The molecule has 0 spiro atoms. The quantitative estimate of drug-likeness (QED) is 0.804. The van der Waals surface area contributed by atoms with Crippen molar-refractivity contribution in [3.63, 3.8) is 0 Å². The van der Waals surface area contributed by atoms with Crippen LogP contribution in [0, 0.1) is 6.92 Å². The van der Waals surface area contributed by atoms with E-state index in [4.69, 9.17) is 9.15 Å².